The Morgan fingerprint density at radius 1 is 1.14 bits per heavy atom. The first kappa shape index (κ1) is 13.4. The van der Waals surface area contributed by atoms with Crippen molar-refractivity contribution in [2.45, 2.75) is 6.92 Å². The second-order valence-corrected chi connectivity index (χ2v) is 5.09. The maximum absolute atomic E-state index is 14.5. The minimum atomic E-state index is -0.372. The molecule has 1 aromatic heterocycles. The number of aryl methyl sites for hydroxylation is 1. The number of nitrogens with two attached hydrogens (primary N) is 1. The zero-order valence-electron chi connectivity index (χ0n) is 12.0. The molecule has 3 rings (SSSR count). The largest absolute Gasteiger partial charge is 0.398 e. The van der Waals surface area contributed by atoms with E-state index < -0.39 is 0 Å². The third-order valence-electron chi connectivity index (χ3n) is 3.58. The van der Waals surface area contributed by atoms with Crippen LogP contribution < -0.4 is 10.6 Å². The monoisotopic (exact) mass is 281 g/mol. The number of benzene rings is 2. The number of aromatic nitrogens is 1. The number of rotatable bonds is 2. The number of halogens is 1. The van der Waals surface area contributed by atoms with Crippen LogP contribution in [0.3, 0.4) is 0 Å². The summed E-state index contributed by atoms with van der Waals surface area (Å²) in [7, 11) is 1.83. The van der Waals surface area contributed by atoms with E-state index in [1.54, 1.807) is 17.2 Å². The van der Waals surface area contributed by atoms with Gasteiger partial charge in [-0.1, -0.05) is 12.1 Å². The van der Waals surface area contributed by atoms with Crippen molar-refractivity contribution in [3.63, 3.8) is 0 Å². The second-order valence-electron chi connectivity index (χ2n) is 5.09. The lowest BCUT2D eigenvalue weighted by atomic mass is 10.1. The molecule has 0 aliphatic carbocycles. The molecular formula is C17H16FN3. The number of nitrogens with zero attached hydrogens (tertiary/aromatic N) is 2. The van der Waals surface area contributed by atoms with Gasteiger partial charge in [0.25, 0.3) is 0 Å². The fourth-order valence-electron chi connectivity index (χ4n) is 2.51. The minimum Gasteiger partial charge on any atom is -0.398 e. The summed E-state index contributed by atoms with van der Waals surface area (Å²) in [6, 6.07) is 12.9. The SMILES string of the molecule is Cc1cccc(N(C)c2c(F)cc(N)c3cccnc23)c1. The molecule has 0 radical (unpaired) electrons. The van der Waals surface area contributed by atoms with E-state index >= 15 is 0 Å². The topological polar surface area (TPSA) is 42.1 Å². The Labute approximate surface area is 122 Å². The zero-order valence-corrected chi connectivity index (χ0v) is 12.0. The highest BCUT2D eigenvalue weighted by molar-refractivity contribution is 6.00. The van der Waals surface area contributed by atoms with Gasteiger partial charge in [-0.15, -0.1) is 0 Å². The molecule has 0 spiro atoms. The summed E-state index contributed by atoms with van der Waals surface area (Å²) in [4.78, 5) is 6.11. The van der Waals surface area contributed by atoms with Gasteiger partial charge in [0.1, 0.15) is 5.69 Å². The molecule has 0 bridgehead atoms. The third-order valence-corrected chi connectivity index (χ3v) is 3.58. The van der Waals surface area contributed by atoms with Crippen molar-refractivity contribution in [3.8, 4) is 0 Å². The van der Waals surface area contributed by atoms with E-state index in [4.69, 9.17) is 5.73 Å². The molecule has 0 amide bonds. The Hall–Kier alpha value is -2.62. The lowest BCUT2D eigenvalue weighted by Gasteiger charge is -2.22. The van der Waals surface area contributed by atoms with E-state index in [1.165, 1.54) is 6.07 Å². The van der Waals surface area contributed by atoms with E-state index in [0.717, 1.165) is 16.6 Å². The van der Waals surface area contributed by atoms with Crippen LogP contribution >= 0.6 is 0 Å². The first-order valence-electron chi connectivity index (χ1n) is 6.71. The van der Waals surface area contributed by atoms with Crippen LogP contribution in [0.5, 0.6) is 0 Å². The summed E-state index contributed by atoms with van der Waals surface area (Å²) >= 11 is 0. The molecule has 0 aliphatic heterocycles. The van der Waals surface area contributed by atoms with Crippen molar-refractivity contribution in [2.75, 3.05) is 17.7 Å². The van der Waals surface area contributed by atoms with Crippen molar-refractivity contribution in [1.82, 2.24) is 4.98 Å². The van der Waals surface area contributed by atoms with Gasteiger partial charge >= 0.3 is 0 Å². The highest BCUT2D eigenvalue weighted by Gasteiger charge is 2.16. The van der Waals surface area contributed by atoms with Gasteiger partial charge in [-0.2, -0.15) is 0 Å². The van der Waals surface area contributed by atoms with Gasteiger partial charge in [-0.3, -0.25) is 4.98 Å². The maximum atomic E-state index is 14.5. The fourth-order valence-corrected chi connectivity index (χ4v) is 2.51. The molecule has 0 saturated carbocycles. The molecule has 4 heteroatoms. The van der Waals surface area contributed by atoms with Crippen molar-refractivity contribution in [1.29, 1.82) is 0 Å². The summed E-state index contributed by atoms with van der Waals surface area (Å²) in [6.45, 7) is 2.01. The number of fused-ring (bicyclic) bond motifs is 1. The normalized spacial score (nSPS) is 10.8. The van der Waals surface area contributed by atoms with Gasteiger partial charge in [-0.25, -0.2) is 4.39 Å². The molecule has 2 N–H and O–H groups in total. The molecule has 106 valence electrons. The lowest BCUT2D eigenvalue weighted by Crippen LogP contribution is -2.13. The Balaban J connectivity index is 2.25. The third kappa shape index (κ3) is 2.29. The standard InChI is InChI=1S/C17H16FN3/c1-11-5-3-6-12(9-11)21(2)17-14(18)10-15(19)13-7-4-8-20-16(13)17/h3-10H,19H2,1-2H3. The van der Waals surface area contributed by atoms with Crippen LogP contribution in [0.2, 0.25) is 0 Å². The second kappa shape index (κ2) is 5.05. The molecule has 0 unspecified atom stereocenters. The molecule has 0 fully saturated rings. The molecule has 1 heterocycles. The minimum absolute atomic E-state index is 0.372. The molecular weight excluding hydrogens is 265 g/mol. The van der Waals surface area contributed by atoms with Crippen LogP contribution in [-0.2, 0) is 0 Å². The Morgan fingerprint density at radius 3 is 2.71 bits per heavy atom. The van der Waals surface area contributed by atoms with Crippen molar-refractivity contribution in [3.05, 3.63) is 60.0 Å². The Morgan fingerprint density at radius 2 is 1.95 bits per heavy atom. The summed E-state index contributed by atoms with van der Waals surface area (Å²) in [5.74, 6) is -0.372. The van der Waals surface area contributed by atoms with Crippen LogP contribution in [0.1, 0.15) is 5.56 Å². The van der Waals surface area contributed by atoms with Crippen LogP contribution in [-0.4, -0.2) is 12.0 Å². The first-order chi connectivity index (χ1) is 10.1. The van der Waals surface area contributed by atoms with Gasteiger partial charge in [0, 0.05) is 30.0 Å². The molecule has 0 atom stereocenters. The smallest absolute Gasteiger partial charge is 0.151 e. The molecule has 21 heavy (non-hydrogen) atoms. The lowest BCUT2D eigenvalue weighted by molar-refractivity contribution is 0.629. The molecule has 2 aromatic carbocycles. The summed E-state index contributed by atoms with van der Waals surface area (Å²) in [6.07, 6.45) is 1.65. The maximum Gasteiger partial charge on any atom is 0.151 e. The highest BCUT2D eigenvalue weighted by atomic mass is 19.1. The van der Waals surface area contributed by atoms with Gasteiger partial charge in [0.15, 0.2) is 5.82 Å². The quantitative estimate of drug-likeness (QED) is 0.721. The Bertz CT molecular complexity index is 814. The van der Waals surface area contributed by atoms with Crippen molar-refractivity contribution < 1.29 is 4.39 Å². The van der Waals surface area contributed by atoms with Crippen molar-refractivity contribution in [2.24, 2.45) is 0 Å². The molecule has 3 nitrogen and oxygen atoms in total. The summed E-state index contributed by atoms with van der Waals surface area (Å²) < 4.78 is 14.5. The average molecular weight is 281 g/mol. The summed E-state index contributed by atoms with van der Waals surface area (Å²) in [5, 5.41) is 0.758. The van der Waals surface area contributed by atoms with Crippen LogP contribution in [0.25, 0.3) is 10.9 Å². The van der Waals surface area contributed by atoms with E-state index in [2.05, 4.69) is 4.98 Å². The van der Waals surface area contributed by atoms with Gasteiger partial charge in [0.05, 0.1) is 5.52 Å². The number of hydrogen-bond acceptors (Lipinski definition) is 3. The molecule has 0 aliphatic rings. The van der Waals surface area contributed by atoms with E-state index in [1.807, 2.05) is 44.3 Å². The zero-order chi connectivity index (χ0) is 15.0. The fraction of sp³-hybridized carbons (Fsp3) is 0.118. The van der Waals surface area contributed by atoms with Crippen LogP contribution in [0, 0.1) is 12.7 Å². The van der Waals surface area contributed by atoms with Gasteiger partial charge in [0.2, 0.25) is 0 Å². The highest BCUT2D eigenvalue weighted by Crippen LogP contribution is 2.35. The number of nitrogen functional groups attached to an aromatic ring is 1. The van der Waals surface area contributed by atoms with E-state index in [9.17, 15) is 4.39 Å². The first-order valence-corrected chi connectivity index (χ1v) is 6.71. The predicted molar refractivity (Wildman–Crippen MR) is 85.4 cm³/mol. The summed E-state index contributed by atoms with van der Waals surface area (Å²) in [5.41, 5.74) is 9.32. The number of hydrogen-bond donors (Lipinski definition) is 1. The van der Waals surface area contributed by atoms with E-state index in [0.29, 0.717) is 16.9 Å². The number of pyridine rings is 1. The van der Waals surface area contributed by atoms with Gasteiger partial charge < -0.3 is 10.6 Å². The van der Waals surface area contributed by atoms with Crippen LogP contribution in [0.4, 0.5) is 21.5 Å². The average Bonchev–Trinajstić information content (AvgIpc) is 2.47. The van der Waals surface area contributed by atoms with Crippen molar-refractivity contribution >= 4 is 28.0 Å². The van der Waals surface area contributed by atoms with Crippen LogP contribution in [0.15, 0.2) is 48.7 Å². The Kier molecular flexibility index (Phi) is 3.22. The molecule has 0 saturated heterocycles. The molecule has 3 aromatic rings. The van der Waals surface area contributed by atoms with Gasteiger partial charge in [-0.05, 0) is 42.8 Å². The van der Waals surface area contributed by atoms with E-state index in [-0.39, 0.29) is 5.82 Å². The number of anilines is 3. The predicted octanol–water partition coefficient (Wildman–Crippen LogP) is 4.03.